The lowest BCUT2D eigenvalue weighted by atomic mass is 10.0. The molecule has 1 fully saturated rings. The van der Waals surface area contributed by atoms with E-state index in [4.69, 9.17) is 9.47 Å². The first-order valence-electron chi connectivity index (χ1n) is 13.2. The quantitative estimate of drug-likeness (QED) is 0.233. The fraction of sp³-hybridized carbons (Fsp3) is 0.571. The van der Waals surface area contributed by atoms with Crippen molar-refractivity contribution in [2.45, 2.75) is 96.6 Å². The number of carbonyl (C=O) groups excluding carboxylic acids is 6. The summed E-state index contributed by atoms with van der Waals surface area (Å²) in [6, 6.07) is 3.75. The number of hydrogen-bond acceptors (Lipinski definition) is 8. The summed E-state index contributed by atoms with van der Waals surface area (Å²) in [6.07, 6.45) is 4.84. The number of benzene rings is 1. The van der Waals surface area contributed by atoms with Crippen LogP contribution in [0.15, 0.2) is 18.2 Å². The van der Waals surface area contributed by atoms with Crippen LogP contribution in [0.4, 0.5) is 0 Å². The third kappa shape index (κ3) is 7.72. The van der Waals surface area contributed by atoms with Crippen LogP contribution in [0.1, 0.15) is 106 Å². The van der Waals surface area contributed by atoms with Crippen molar-refractivity contribution in [3.8, 4) is 5.75 Å². The first kappa shape index (κ1) is 29.0. The minimum Gasteiger partial charge on any atom is -0.493 e. The first-order chi connectivity index (χ1) is 18.0. The Hall–Kier alpha value is -3.56. The Morgan fingerprint density at radius 1 is 0.947 bits per heavy atom. The van der Waals surface area contributed by atoms with E-state index in [0.717, 1.165) is 24.2 Å². The number of imide groups is 2. The number of fused-ring (bicyclic) bond motifs is 1. The zero-order valence-electron chi connectivity index (χ0n) is 22.3. The fourth-order valence-electron chi connectivity index (χ4n) is 4.51. The van der Waals surface area contributed by atoms with Crippen LogP contribution < -0.4 is 10.1 Å². The van der Waals surface area contributed by atoms with Crippen molar-refractivity contribution < 1.29 is 38.2 Å². The second-order valence-electron chi connectivity index (χ2n) is 10.6. The molecule has 4 amide bonds. The van der Waals surface area contributed by atoms with Gasteiger partial charge in [-0.05, 0) is 58.6 Å². The van der Waals surface area contributed by atoms with Crippen molar-refractivity contribution in [1.82, 2.24) is 10.2 Å². The molecular formula is C28H36N2O8. The predicted octanol–water partition coefficient (Wildman–Crippen LogP) is 3.50. The minimum absolute atomic E-state index is 0.0604. The Bertz CT molecular complexity index is 1100. The number of amides is 4. The Balaban J connectivity index is 1.37. The highest BCUT2D eigenvalue weighted by Gasteiger charge is 2.45. The van der Waals surface area contributed by atoms with Gasteiger partial charge in [-0.2, -0.15) is 0 Å². The zero-order valence-corrected chi connectivity index (χ0v) is 22.3. The monoisotopic (exact) mass is 528 g/mol. The van der Waals surface area contributed by atoms with Crippen LogP contribution in [0, 0.1) is 0 Å². The van der Waals surface area contributed by atoms with E-state index >= 15 is 0 Å². The fourth-order valence-corrected chi connectivity index (χ4v) is 4.51. The van der Waals surface area contributed by atoms with Crippen molar-refractivity contribution in [3.63, 3.8) is 0 Å². The Labute approximate surface area is 222 Å². The summed E-state index contributed by atoms with van der Waals surface area (Å²) in [5.74, 6) is -2.11. The van der Waals surface area contributed by atoms with Gasteiger partial charge in [-0.15, -0.1) is 0 Å². The number of ether oxygens (including phenoxy) is 2. The average Bonchev–Trinajstić information content (AvgIpc) is 3.08. The summed E-state index contributed by atoms with van der Waals surface area (Å²) >= 11 is 0. The highest BCUT2D eigenvalue weighted by Crippen LogP contribution is 2.33. The van der Waals surface area contributed by atoms with Gasteiger partial charge in [0, 0.05) is 25.7 Å². The van der Waals surface area contributed by atoms with E-state index in [1.807, 2.05) is 20.8 Å². The Kier molecular flexibility index (Phi) is 9.77. The van der Waals surface area contributed by atoms with Crippen molar-refractivity contribution in [1.29, 1.82) is 0 Å². The second-order valence-corrected chi connectivity index (χ2v) is 10.6. The third-order valence-corrected chi connectivity index (χ3v) is 6.29. The number of ketones is 1. The first-order valence-corrected chi connectivity index (χ1v) is 13.2. The molecule has 2 aliphatic rings. The van der Waals surface area contributed by atoms with E-state index in [1.165, 1.54) is 6.07 Å². The molecule has 10 nitrogen and oxygen atoms in total. The molecule has 10 heteroatoms. The topological polar surface area (TPSA) is 136 Å². The van der Waals surface area contributed by atoms with Gasteiger partial charge in [-0.3, -0.25) is 39.0 Å². The van der Waals surface area contributed by atoms with E-state index in [-0.39, 0.29) is 47.9 Å². The molecule has 3 rings (SSSR count). The lowest BCUT2D eigenvalue weighted by Crippen LogP contribution is -2.54. The van der Waals surface area contributed by atoms with Crippen LogP contribution in [0.25, 0.3) is 0 Å². The molecule has 0 radical (unpaired) electrons. The van der Waals surface area contributed by atoms with Crippen LogP contribution in [-0.4, -0.2) is 58.5 Å². The molecule has 38 heavy (non-hydrogen) atoms. The van der Waals surface area contributed by atoms with Gasteiger partial charge in [-0.25, -0.2) is 0 Å². The minimum atomic E-state index is -1.02. The number of nitrogens with one attached hydrogen (secondary N) is 1. The molecule has 0 saturated carbocycles. The summed E-state index contributed by atoms with van der Waals surface area (Å²) < 4.78 is 11.1. The molecule has 206 valence electrons. The van der Waals surface area contributed by atoms with Crippen LogP contribution in [0.5, 0.6) is 5.75 Å². The highest BCUT2D eigenvalue weighted by molar-refractivity contribution is 6.24. The van der Waals surface area contributed by atoms with E-state index in [1.54, 1.807) is 12.1 Å². The van der Waals surface area contributed by atoms with Crippen LogP contribution in [-0.2, 0) is 23.9 Å². The van der Waals surface area contributed by atoms with E-state index in [9.17, 15) is 28.8 Å². The number of rotatable bonds is 13. The zero-order chi connectivity index (χ0) is 27.9. The molecule has 0 spiro atoms. The lowest BCUT2D eigenvalue weighted by Gasteiger charge is -2.27. The second kappa shape index (κ2) is 12.8. The Morgan fingerprint density at radius 3 is 2.37 bits per heavy atom. The molecule has 0 aromatic heterocycles. The van der Waals surface area contributed by atoms with Gasteiger partial charge < -0.3 is 9.47 Å². The number of piperidine rings is 1. The molecule has 2 heterocycles. The van der Waals surface area contributed by atoms with Gasteiger partial charge in [0.05, 0.1) is 17.7 Å². The van der Waals surface area contributed by atoms with Gasteiger partial charge >= 0.3 is 5.97 Å². The normalized spacial score (nSPS) is 17.3. The summed E-state index contributed by atoms with van der Waals surface area (Å²) in [4.78, 5) is 74.3. The summed E-state index contributed by atoms with van der Waals surface area (Å²) in [7, 11) is 0. The van der Waals surface area contributed by atoms with Gasteiger partial charge in [-0.1, -0.05) is 18.9 Å². The van der Waals surface area contributed by atoms with Crippen molar-refractivity contribution in [3.05, 3.63) is 29.3 Å². The summed E-state index contributed by atoms with van der Waals surface area (Å²) in [6.45, 7) is 5.77. The maximum atomic E-state index is 13.1. The van der Waals surface area contributed by atoms with Crippen molar-refractivity contribution in [2.24, 2.45) is 0 Å². The molecule has 1 unspecified atom stereocenters. The van der Waals surface area contributed by atoms with Crippen LogP contribution in [0.3, 0.4) is 0 Å². The molecule has 0 bridgehead atoms. The molecule has 1 atom stereocenters. The number of nitrogens with zero attached hydrogens (tertiary/aromatic N) is 1. The largest absolute Gasteiger partial charge is 0.493 e. The number of Topliss-reactive ketones (excluding diaryl/α,β-unsaturated/α-hetero) is 1. The average molecular weight is 529 g/mol. The SMILES string of the molecule is CC(C)(C)OC(=O)CCCC(=O)CCCCCCOc1cccc2c1C(=O)N(C1CCC(=O)NC1=O)C2=O. The summed E-state index contributed by atoms with van der Waals surface area (Å²) in [5.41, 5.74) is -0.198. The van der Waals surface area contributed by atoms with Gasteiger partial charge in [0.2, 0.25) is 11.8 Å². The van der Waals surface area contributed by atoms with E-state index in [2.05, 4.69) is 5.32 Å². The number of unbranched alkanes of at least 4 members (excludes halogenated alkanes) is 3. The number of carbonyl (C=O) groups is 6. The van der Waals surface area contributed by atoms with E-state index in [0.29, 0.717) is 32.3 Å². The third-order valence-electron chi connectivity index (χ3n) is 6.29. The van der Waals surface area contributed by atoms with Gasteiger partial charge in [0.1, 0.15) is 23.2 Å². The predicted molar refractivity (Wildman–Crippen MR) is 136 cm³/mol. The highest BCUT2D eigenvalue weighted by atomic mass is 16.6. The van der Waals surface area contributed by atoms with E-state index < -0.39 is 35.3 Å². The number of hydrogen-bond donors (Lipinski definition) is 1. The van der Waals surface area contributed by atoms with Gasteiger partial charge in [0.15, 0.2) is 0 Å². The molecule has 1 aromatic rings. The molecule has 2 aliphatic heterocycles. The van der Waals surface area contributed by atoms with Gasteiger partial charge in [0.25, 0.3) is 11.8 Å². The van der Waals surface area contributed by atoms with Crippen LogP contribution >= 0.6 is 0 Å². The molecule has 1 aromatic carbocycles. The molecule has 0 aliphatic carbocycles. The van der Waals surface area contributed by atoms with Crippen LogP contribution in [0.2, 0.25) is 0 Å². The maximum Gasteiger partial charge on any atom is 0.306 e. The molecule has 1 saturated heterocycles. The molecular weight excluding hydrogens is 492 g/mol. The number of esters is 1. The smallest absolute Gasteiger partial charge is 0.306 e. The Morgan fingerprint density at radius 2 is 1.66 bits per heavy atom. The van der Waals surface area contributed by atoms with Crippen molar-refractivity contribution >= 4 is 35.4 Å². The molecule has 1 N–H and O–H groups in total. The lowest BCUT2D eigenvalue weighted by molar-refractivity contribution is -0.155. The summed E-state index contributed by atoms with van der Waals surface area (Å²) in [5, 5.41) is 2.18. The van der Waals surface area contributed by atoms with Crippen molar-refractivity contribution in [2.75, 3.05) is 6.61 Å². The maximum absolute atomic E-state index is 13.1. The standard InChI is InChI=1S/C28H36N2O8/c1-28(2,3)38-23(33)14-8-11-18(31)10-6-4-5-7-17-37-21-13-9-12-19-24(21)27(36)30(26(19)35)20-15-16-22(32)29-25(20)34/h9,12-13,20H,4-8,10-11,14-17H2,1-3H3,(H,29,32,34).